The summed E-state index contributed by atoms with van der Waals surface area (Å²) < 4.78 is 39.9. The largest absolute Gasteiger partial charge is 0.399 e. The summed E-state index contributed by atoms with van der Waals surface area (Å²) in [6.07, 6.45) is -1.14. The summed E-state index contributed by atoms with van der Waals surface area (Å²) >= 11 is 0. The molecule has 9 heteroatoms. The number of hydrogen-bond donors (Lipinski definition) is 3. The number of carbonyl (C=O) groups is 1. The summed E-state index contributed by atoms with van der Waals surface area (Å²) in [6, 6.07) is 1.09. The van der Waals surface area contributed by atoms with Crippen LogP contribution in [0.2, 0.25) is 0 Å². The summed E-state index contributed by atoms with van der Waals surface area (Å²) in [7, 11) is -4.32. The summed E-state index contributed by atoms with van der Waals surface area (Å²) in [5.41, 5.74) is 10.9. The van der Waals surface area contributed by atoms with Crippen molar-refractivity contribution in [3.8, 4) is 0 Å². The molecule has 2 atom stereocenters. The second-order valence-electron chi connectivity index (χ2n) is 5.03. The van der Waals surface area contributed by atoms with Gasteiger partial charge in [0, 0.05) is 18.7 Å². The Morgan fingerprint density at radius 3 is 2.67 bits per heavy atom. The van der Waals surface area contributed by atoms with Crippen molar-refractivity contribution in [2.45, 2.75) is 30.4 Å². The number of benzene rings is 1. The Balaban J connectivity index is 2.54. The molecule has 1 fully saturated rings. The minimum absolute atomic E-state index is 0.0731. The number of hydrogen-bond acceptors (Lipinski definition) is 5. The molecule has 0 saturated carbocycles. The number of aliphatic hydroxyl groups excluding tert-OH is 1. The highest BCUT2D eigenvalue weighted by atomic mass is 32.2. The quantitative estimate of drug-likeness (QED) is 0.637. The number of primary amides is 1. The number of nitrogens with two attached hydrogens (primary N) is 2. The van der Waals surface area contributed by atoms with E-state index in [2.05, 4.69) is 0 Å². The second kappa shape index (κ2) is 5.24. The van der Waals surface area contributed by atoms with Crippen molar-refractivity contribution in [2.24, 2.45) is 5.73 Å². The molecule has 0 aromatic heterocycles. The number of nitrogens with zero attached hydrogens (tertiary/aromatic N) is 1. The van der Waals surface area contributed by atoms with Gasteiger partial charge in [-0.15, -0.1) is 0 Å². The zero-order valence-corrected chi connectivity index (χ0v) is 12.1. The topological polar surface area (TPSA) is 127 Å². The SMILES string of the molecule is Cc1cc(N)cc(S(=O)(=O)N2CC(O)CC2C(N)=O)c1F. The molecule has 7 nitrogen and oxygen atoms in total. The second-order valence-corrected chi connectivity index (χ2v) is 6.89. The number of aryl methyl sites for hydroxylation is 1. The van der Waals surface area contributed by atoms with Crippen molar-refractivity contribution in [2.75, 3.05) is 12.3 Å². The number of amides is 1. The first kappa shape index (κ1) is 15.7. The first-order chi connectivity index (χ1) is 9.64. The molecule has 1 aliphatic heterocycles. The van der Waals surface area contributed by atoms with Crippen molar-refractivity contribution >= 4 is 21.6 Å². The van der Waals surface area contributed by atoms with E-state index in [1.54, 1.807) is 0 Å². The number of carbonyl (C=O) groups excluding carboxylic acids is 1. The fraction of sp³-hybridized carbons (Fsp3) is 0.417. The van der Waals surface area contributed by atoms with E-state index in [9.17, 15) is 22.7 Å². The van der Waals surface area contributed by atoms with Gasteiger partial charge in [-0.2, -0.15) is 4.31 Å². The fourth-order valence-electron chi connectivity index (χ4n) is 2.39. The van der Waals surface area contributed by atoms with Crippen molar-refractivity contribution in [1.82, 2.24) is 4.31 Å². The number of β-amino-alcohol motifs (C(OH)–C–C–N with tert-alkyl or cyclic N) is 1. The van der Waals surface area contributed by atoms with Crippen LogP contribution >= 0.6 is 0 Å². The number of aliphatic hydroxyl groups is 1. The summed E-state index contributed by atoms with van der Waals surface area (Å²) in [5.74, 6) is -1.83. The van der Waals surface area contributed by atoms with Gasteiger partial charge in [0.25, 0.3) is 0 Å². The molecule has 0 bridgehead atoms. The smallest absolute Gasteiger partial charge is 0.246 e. The average molecular weight is 317 g/mol. The third kappa shape index (κ3) is 2.71. The van der Waals surface area contributed by atoms with Crippen molar-refractivity contribution in [3.05, 3.63) is 23.5 Å². The zero-order valence-electron chi connectivity index (χ0n) is 11.3. The van der Waals surface area contributed by atoms with Gasteiger partial charge in [0.1, 0.15) is 16.8 Å². The maximum atomic E-state index is 14.1. The van der Waals surface area contributed by atoms with E-state index in [0.29, 0.717) is 0 Å². The number of rotatable bonds is 3. The van der Waals surface area contributed by atoms with Crippen LogP contribution < -0.4 is 11.5 Å². The normalized spacial score (nSPS) is 23.4. The first-order valence-corrected chi connectivity index (χ1v) is 7.63. The fourth-order valence-corrected chi connectivity index (χ4v) is 4.21. The van der Waals surface area contributed by atoms with Crippen LogP contribution in [0.3, 0.4) is 0 Å². The molecular formula is C12H16FN3O4S. The molecule has 1 aliphatic rings. The minimum atomic E-state index is -4.32. The van der Waals surface area contributed by atoms with Crippen LogP contribution in [-0.4, -0.2) is 42.4 Å². The summed E-state index contributed by atoms with van der Waals surface area (Å²) in [4.78, 5) is 10.7. The summed E-state index contributed by atoms with van der Waals surface area (Å²) in [6.45, 7) is 1.07. The molecule has 0 radical (unpaired) electrons. The maximum absolute atomic E-state index is 14.1. The lowest BCUT2D eigenvalue weighted by atomic mass is 10.2. The molecule has 1 aromatic rings. The van der Waals surface area contributed by atoms with E-state index in [1.165, 1.54) is 13.0 Å². The molecule has 2 unspecified atom stereocenters. The van der Waals surface area contributed by atoms with Crippen molar-refractivity contribution in [3.63, 3.8) is 0 Å². The number of sulfonamides is 1. The lowest BCUT2D eigenvalue weighted by Crippen LogP contribution is -2.43. The Morgan fingerprint density at radius 2 is 2.10 bits per heavy atom. The van der Waals surface area contributed by atoms with Crippen LogP contribution in [0, 0.1) is 12.7 Å². The molecule has 21 heavy (non-hydrogen) atoms. The number of halogens is 1. The highest BCUT2D eigenvalue weighted by molar-refractivity contribution is 7.89. The van der Waals surface area contributed by atoms with Gasteiger partial charge >= 0.3 is 0 Å². The Hall–Kier alpha value is -1.71. The van der Waals surface area contributed by atoms with E-state index in [4.69, 9.17) is 11.5 Å². The van der Waals surface area contributed by atoms with Gasteiger partial charge in [-0.05, 0) is 24.6 Å². The molecule has 0 aliphatic carbocycles. The molecular weight excluding hydrogens is 301 g/mol. The van der Waals surface area contributed by atoms with Crippen molar-refractivity contribution < 1.29 is 22.7 Å². The molecule has 2 rings (SSSR count). The van der Waals surface area contributed by atoms with Gasteiger partial charge in [-0.25, -0.2) is 12.8 Å². The lowest BCUT2D eigenvalue weighted by Gasteiger charge is -2.22. The minimum Gasteiger partial charge on any atom is -0.399 e. The molecule has 5 N–H and O–H groups in total. The molecule has 1 aromatic carbocycles. The molecule has 116 valence electrons. The Labute approximate surface area is 121 Å². The highest BCUT2D eigenvalue weighted by Crippen LogP contribution is 2.30. The number of nitrogen functional groups attached to an aromatic ring is 1. The van der Waals surface area contributed by atoms with Crippen molar-refractivity contribution in [1.29, 1.82) is 0 Å². The van der Waals surface area contributed by atoms with Crippen LogP contribution in [0.25, 0.3) is 0 Å². The van der Waals surface area contributed by atoms with Crippen LogP contribution in [0.1, 0.15) is 12.0 Å². The van der Waals surface area contributed by atoms with E-state index in [-0.39, 0.29) is 24.2 Å². The molecule has 1 heterocycles. The standard InChI is InChI=1S/C12H16FN3O4S/c1-6-2-7(14)3-10(11(6)13)21(19,20)16-5-8(17)4-9(16)12(15)18/h2-3,8-9,17H,4-5,14H2,1H3,(H2,15,18). The first-order valence-electron chi connectivity index (χ1n) is 6.19. The highest BCUT2D eigenvalue weighted by Gasteiger charge is 2.43. The van der Waals surface area contributed by atoms with E-state index < -0.39 is 38.8 Å². The van der Waals surface area contributed by atoms with Crippen LogP contribution in [0.5, 0.6) is 0 Å². The third-order valence-electron chi connectivity index (χ3n) is 3.39. The van der Waals surface area contributed by atoms with E-state index in [1.807, 2.05) is 0 Å². The monoisotopic (exact) mass is 317 g/mol. The van der Waals surface area contributed by atoms with Gasteiger partial charge in [-0.1, -0.05) is 0 Å². The predicted octanol–water partition coefficient (Wildman–Crippen LogP) is -0.674. The summed E-state index contributed by atoms with van der Waals surface area (Å²) in [5, 5.41) is 9.58. The molecule has 0 spiro atoms. The van der Waals surface area contributed by atoms with E-state index >= 15 is 0 Å². The Bertz CT molecular complexity index is 692. The molecule has 1 amide bonds. The Morgan fingerprint density at radius 1 is 1.48 bits per heavy atom. The zero-order chi connectivity index (χ0) is 15.9. The Kier molecular flexibility index (Phi) is 3.91. The van der Waals surface area contributed by atoms with Gasteiger partial charge in [-0.3, -0.25) is 4.79 Å². The van der Waals surface area contributed by atoms with Gasteiger partial charge in [0.2, 0.25) is 15.9 Å². The van der Waals surface area contributed by atoms with E-state index in [0.717, 1.165) is 10.4 Å². The number of anilines is 1. The van der Waals surface area contributed by atoms with Crippen LogP contribution in [0.4, 0.5) is 10.1 Å². The van der Waals surface area contributed by atoms with Gasteiger partial charge in [0.05, 0.1) is 6.10 Å². The maximum Gasteiger partial charge on any atom is 0.246 e. The van der Waals surface area contributed by atoms with Crippen LogP contribution in [-0.2, 0) is 14.8 Å². The third-order valence-corrected chi connectivity index (χ3v) is 5.27. The van der Waals surface area contributed by atoms with Gasteiger partial charge < -0.3 is 16.6 Å². The molecule has 1 saturated heterocycles. The lowest BCUT2D eigenvalue weighted by molar-refractivity contribution is -0.121. The van der Waals surface area contributed by atoms with Gasteiger partial charge in [0.15, 0.2) is 0 Å². The predicted molar refractivity (Wildman–Crippen MR) is 73.0 cm³/mol. The average Bonchev–Trinajstić information content (AvgIpc) is 2.76. The van der Waals surface area contributed by atoms with Crippen LogP contribution in [0.15, 0.2) is 17.0 Å².